The van der Waals surface area contributed by atoms with Crippen molar-refractivity contribution < 1.29 is 73.1 Å². The SMILES string of the molecule is CC[C@H]1OC(=O)[C@H](C)[C@@H](O[C@@H]2C[C@@](C)(OC)[C@@H](O)[C@H](C)O2)[C@H](C)[C@@H](O[C@@H]2O[C@H](C)C[C@H](N(C)C)[C@H]2OC(=O)CCC(=O)O)[C@](C)(O)C[C@@H](C)CN(C)[C@H](C)[C@@H](O)[C@]1(C)O. The van der Waals surface area contributed by atoms with Gasteiger partial charge in [0.25, 0.3) is 0 Å². The molecule has 18 atom stereocenters. The van der Waals surface area contributed by atoms with Crippen LogP contribution in [0.3, 0.4) is 0 Å². The number of carbonyl (C=O) groups is 3. The predicted molar refractivity (Wildman–Crippen MR) is 215 cm³/mol. The van der Waals surface area contributed by atoms with E-state index in [0.29, 0.717) is 13.0 Å². The van der Waals surface area contributed by atoms with Gasteiger partial charge in [-0.05, 0) is 94.8 Å². The summed E-state index contributed by atoms with van der Waals surface area (Å²) in [4.78, 5) is 42.6. The standard InChI is InChI=1S/C42H76N2O15/c1-15-29-42(10,52)35(48)26(6)44(13)21-22(2)19-40(8,51)37(59-39-34(57-31(47)17-16-30(45)46)28(43(11)12)18-23(3)54-39)24(4)33(25(5)38(50)56-29)58-32-20-41(9,53-14)36(49)27(7)55-32/h22-29,32-37,39,48-49,51-52H,15-21H2,1-14H3,(H,45,46)/t22-,23-,24+,25-,26-,27+,28+,29-,32-,33+,34-,35-,36+,37-,39+,40-,41-,42-/m1/s1. The highest BCUT2D eigenvalue weighted by atomic mass is 16.7. The molecule has 3 aliphatic rings. The average molecular weight is 849 g/mol. The lowest BCUT2D eigenvalue weighted by atomic mass is 9.77. The molecule has 0 aromatic rings. The number of hydrogen-bond acceptors (Lipinski definition) is 16. The summed E-state index contributed by atoms with van der Waals surface area (Å²) in [5.74, 6) is -4.85. The Morgan fingerprint density at radius 3 is 2.12 bits per heavy atom. The van der Waals surface area contributed by atoms with E-state index in [1.807, 2.05) is 37.7 Å². The van der Waals surface area contributed by atoms with Crippen LogP contribution in [0.25, 0.3) is 0 Å². The highest BCUT2D eigenvalue weighted by Gasteiger charge is 2.53. The smallest absolute Gasteiger partial charge is 0.311 e. The maximum atomic E-state index is 14.4. The van der Waals surface area contributed by atoms with Gasteiger partial charge in [0.1, 0.15) is 23.9 Å². The molecule has 0 unspecified atom stereocenters. The number of cyclic esters (lactones) is 1. The number of rotatable bonds is 11. The molecule has 0 aromatic carbocycles. The van der Waals surface area contributed by atoms with Crippen molar-refractivity contribution in [2.24, 2.45) is 17.8 Å². The summed E-state index contributed by atoms with van der Waals surface area (Å²) in [5.41, 5.74) is -4.62. The van der Waals surface area contributed by atoms with Crippen LogP contribution in [0.2, 0.25) is 0 Å². The van der Waals surface area contributed by atoms with Crippen molar-refractivity contribution in [1.29, 1.82) is 0 Å². The number of aliphatic hydroxyl groups excluding tert-OH is 2. The quantitative estimate of drug-likeness (QED) is 0.188. The van der Waals surface area contributed by atoms with Crippen molar-refractivity contribution in [2.45, 2.75) is 198 Å². The third kappa shape index (κ3) is 12.6. The van der Waals surface area contributed by atoms with Gasteiger partial charge in [-0.3, -0.25) is 14.4 Å². The van der Waals surface area contributed by atoms with Crippen molar-refractivity contribution in [3.8, 4) is 0 Å². The Hall–Kier alpha value is -2.03. The third-order valence-corrected chi connectivity index (χ3v) is 13.0. The molecule has 5 N–H and O–H groups in total. The molecule has 3 aliphatic heterocycles. The molecule has 0 aromatic heterocycles. The van der Waals surface area contributed by atoms with Gasteiger partial charge >= 0.3 is 17.9 Å². The minimum Gasteiger partial charge on any atom is -0.481 e. The van der Waals surface area contributed by atoms with Gasteiger partial charge in [-0.25, -0.2) is 0 Å². The number of likely N-dealkylation sites (N-methyl/N-ethyl adjacent to an activating group) is 2. The van der Waals surface area contributed by atoms with Crippen LogP contribution in [0.5, 0.6) is 0 Å². The number of carboxylic acid groups (broad SMARTS) is 1. The van der Waals surface area contributed by atoms with Crippen LogP contribution in [0.1, 0.15) is 108 Å². The Labute approximate surface area is 350 Å². The Kier molecular flexibility index (Phi) is 18.2. The molecule has 0 aliphatic carbocycles. The zero-order valence-corrected chi connectivity index (χ0v) is 37.8. The van der Waals surface area contributed by atoms with E-state index in [1.54, 1.807) is 55.5 Å². The van der Waals surface area contributed by atoms with Gasteiger partial charge in [0.2, 0.25) is 0 Å². The molecule has 0 bridgehead atoms. The molecule has 0 spiro atoms. The largest absolute Gasteiger partial charge is 0.481 e. The summed E-state index contributed by atoms with van der Waals surface area (Å²) in [6.07, 6.45) is -10.2. The number of nitrogens with zero attached hydrogens (tertiary/aromatic N) is 2. The van der Waals surface area contributed by atoms with Gasteiger partial charge in [-0.1, -0.05) is 20.8 Å². The summed E-state index contributed by atoms with van der Waals surface area (Å²) in [5, 5.41) is 56.3. The fourth-order valence-electron chi connectivity index (χ4n) is 9.27. The first-order chi connectivity index (χ1) is 27.2. The molecule has 3 fully saturated rings. The van der Waals surface area contributed by atoms with Crippen LogP contribution < -0.4 is 0 Å². The van der Waals surface area contributed by atoms with E-state index in [0.717, 1.165) is 0 Å². The molecular weight excluding hydrogens is 772 g/mol. The van der Waals surface area contributed by atoms with Crippen LogP contribution >= 0.6 is 0 Å². The Morgan fingerprint density at radius 1 is 0.932 bits per heavy atom. The number of esters is 2. The number of ether oxygens (including phenoxy) is 7. The van der Waals surface area contributed by atoms with E-state index < -0.39 is 120 Å². The van der Waals surface area contributed by atoms with Gasteiger partial charge in [-0.2, -0.15) is 0 Å². The second-order valence-corrected chi connectivity index (χ2v) is 18.5. The average Bonchev–Trinajstić information content (AvgIpc) is 3.14. The van der Waals surface area contributed by atoms with Gasteiger partial charge in [-0.15, -0.1) is 0 Å². The predicted octanol–water partition coefficient (Wildman–Crippen LogP) is 2.32. The zero-order valence-electron chi connectivity index (χ0n) is 37.8. The van der Waals surface area contributed by atoms with Gasteiger partial charge in [0.05, 0.1) is 60.4 Å². The highest BCUT2D eigenvalue weighted by molar-refractivity contribution is 5.76. The summed E-state index contributed by atoms with van der Waals surface area (Å²) in [6.45, 7) is 17.6. The third-order valence-electron chi connectivity index (χ3n) is 13.0. The van der Waals surface area contributed by atoms with Gasteiger partial charge < -0.3 is 68.5 Å². The molecule has 0 radical (unpaired) electrons. The van der Waals surface area contributed by atoms with Crippen LogP contribution in [-0.4, -0.2) is 178 Å². The van der Waals surface area contributed by atoms with Crippen LogP contribution in [0.4, 0.5) is 0 Å². The number of methoxy groups -OCH3 is 1. The first kappa shape index (κ1) is 51.3. The fraction of sp³-hybridized carbons (Fsp3) is 0.929. The van der Waals surface area contributed by atoms with E-state index >= 15 is 0 Å². The van der Waals surface area contributed by atoms with Crippen molar-refractivity contribution in [3.63, 3.8) is 0 Å². The molecule has 0 amide bonds. The lowest BCUT2D eigenvalue weighted by Crippen LogP contribution is -2.61. The molecule has 3 saturated heterocycles. The molecule has 17 heteroatoms. The zero-order chi connectivity index (χ0) is 44.9. The topological polar surface area (TPSA) is 223 Å². The monoisotopic (exact) mass is 849 g/mol. The van der Waals surface area contributed by atoms with Gasteiger partial charge in [0.15, 0.2) is 18.7 Å². The Morgan fingerprint density at radius 2 is 1.56 bits per heavy atom. The molecular formula is C42H76N2O15. The first-order valence-corrected chi connectivity index (χ1v) is 21.2. The maximum absolute atomic E-state index is 14.4. The van der Waals surface area contributed by atoms with Crippen LogP contribution in [-0.2, 0) is 47.5 Å². The molecule has 3 heterocycles. The van der Waals surface area contributed by atoms with E-state index in [-0.39, 0.29) is 37.7 Å². The minimum absolute atomic E-state index is 0.0732. The Bertz CT molecular complexity index is 1380. The molecule has 59 heavy (non-hydrogen) atoms. The minimum atomic E-state index is -1.85. The van der Waals surface area contributed by atoms with Crippen molar-refractivity contribution >= 4 is 17.9 Å². The summed E-state index contributed by atoms with van der Waals surface area (Å²) in [7, 11) is 6.93. The van der Waals surface area contributed by atoms with E-state index in [2.05, 4.69) is 0 Å². The number of carbonyl (C=O) groups excluding carboxylic acids is 2. The summed E-state index contributed by atoms with van der Waals surface area (Å²) in [6, 6.07) is -1.02. The van der Waals surface area contributed by atoms with Crippen molar-refractivity contribution in [3.05, 3.63) is 0 Å². The normalized spacial score (nSPS) is 44.9. The van der Waals surface area contributed by atoms with E-state index in [1.165, 1.54) is 14.0 Å². The lowest BCUT2D eigenvalue weighted by Gasteiger charge is -2.49. The fourth-order valence-corrected chi connectivity index (χ4v) is 9.27. The molecule has 344 valence electrons. The van der Waals surface area contributed by atoms with Crippen LogP contribution in [0, 0.1) is 17.8 Å². The van der Waals surface area contributed by atoms with Crippen LogP contribution in [0.15, 0.2) is 0 Å². The second-order valence-electron chi connectivity index (χ2n) is 18.5. The van der Waals surface area contributed by atoms with E-state index in [4.69, 9.17) is 33.2 Å². The Balaban J connectivity index is 2.23. The lowest BCUT2D eigenvalue weighted by molar-refractivity contribution is -0.319. The first-order valence-electron chi connectivity index (χ1n) is 21.2. The molecule has 0 saturated carbocycles. The summed E-state index contributed by atoms with van der Waals surface area (Å²) < 4.78 is 44.0. The number of aliphatic carboxylic acids is 1. The molecule has 17 nitrogen and oxygen atoms in total. The van der Waals surface area contributed by atoms with Crippen molar-refractivity contribution in [2.75, 3.05) is 34.8 Å². The highest BCUT2D eigenvalue weighted by Crippen LogP contribution is 2.40. The number of carboxylic acids is 1. The van der Waals surface area contributed by atoms with Crippen molar-refractivity contribution in [1.82, 2.24) is 9.80 Å². The summed E-state index contributed by atoms with van der Waals surface area (Å²) >= 11 is 0. The molecule has 3 rings (SSSR count). The van der Waals surface area contributed by atoms with E-state index in [9.17, 15) is 39.9 Å². The maximum Gasteiger partial charge on any atom is 0.311 e. The number of aliphatic hydroxyl groups is 4. The number of hydrogen-bond donors (Lipinski definition) is 5. The van der Waals surface area contributed by atoms with Gasteiger partial charge in [0, 0.05) is 32.0 Å². The second kappa shape index (κ2) is 20.9.